The number of benzene rings is 4. The predicted octanol–water partition coefficient (Wildman–Crippen LogP) is 7.98. The first kappa shape index (κ1) is 17.3. The third-order valence-corrected chi connectivity index (χ3v) is 6.28. The standard InChI is InChI=1S/C27H21Cl/c1-27(2)24-11-7-6-10-22(24)23-15-13-20(16-25(23)27)21-14-12-19(17-26(21)28)18-8-4-3-5-9-18/h3-17H,1-2H3. The van der Waals surface area contributed by atoms with Crippen LogP contribution in [0.2, 0.25) is 5.02 Å². The number of hydrogen-bond acceptors (Lipinski definition) is 0. The van der Waals surface area contributed by atoms with Crippen molar-refractivity contribution in [1.82, 2.24) is 0 Å². The zero-order valence-corrected chi connectivity index (χ0v) is 16.8. The second-order valence-corrected chi connectivity index (χ2v) is 8.40. The van der Waals surface area contributed by atoms with Crippen molar-refractivity contribution >= 4 is 11.6 Å². The lowest BCUT2D eigenvalue weighted by Crippen LogP contribution is -2.14. The zero-order valence-electron chi connectivity index (χ0n) is 16.0. The summed E-state index contributed by atoms with van der Waals surface area (Å²) in [5, 5.41) is 0.787. The Morgan fingerprint density at radius 1 is 0.536 bits per heavy atom. The maximum atomic E-state index is 6.72. The zero-order chi connectivity index (χ0) is 19.3. The maximum absolute atomic E-state index is 6.72. The molecule has 0 bridgehead atoms. The third kappa shape index (κ3) is 2.60. The molecule has 5 rings (SSSR count). The summed E-state index contributed by atoms with van der Waals surface area (Å²) in [4.78, 5) is 0. The quantitative estimate of drug-likeness (QED) is 0.330. The average molecular weight is 381 g/mol. The van der Waals surface area contributed by atoms with Gasteiger partial charge < -0.3 is 0 Å². The Balaban J connectivity index is 1.60. The minimum atomic E-state index is -0.00160. The summed E-state index contributed by atoms with van der Waals surface area (Å²) in [5.41, 5.74) is 10.0. The van der Waals surface area contributed by atoms with E-state index in [-0.39, 0.29) is 5.41 Å². The van der Waals surface area contributed by atoms with E-state index in [0.29, 0.717) is 0 Å². The molecule has 0 radical (unpaired) electrons. The van der Waals surface area contributed by atoms with Crippen LogP contribution in [-0.2, 0) is 5.41 Å². The molecule has 0 unspecified atom stereocenters. The van der Waals surface area contributed by atoms with Gasteiger partial charge in [-0.15, -0.1) is 0 Å². The summed E-state index contributed by atoms with van der Waals surface area (Å²) in [6.45, 7) is 4.61. The number of rotatable bonds is 2. The van der Waals surface area contributed by atoms with Gasteiger partial charge in [-0.2, -0.15) is 0 Å². The Bertz CT molecular complexity index is 1190. The largest absolute Gasteiger partial charge is 0.0836 e. The van der Waals surface area contributed by atoms with Crippen LogP contribution in [0.25, 0.3) is 33.4 Å². The molecule has 1 aliphatic carbocycles. The summed E-state index contributed by atoms with van der Waals surface area (Å²) in [6, 6.07) is 32.2. The van der Waals surface area contributed by atoms with Gasteiger partial charge in [0.1, 0.15) is 0 Å². The number of halogens is 1. The minimum absolute atomic E-state index is 0.00160. The minimum Gasteiger partial charge on any atom is -0.0836 e. The molecule has 0 saturated heterocycles. The van der Waals surface area contributed by atoms with Gasteiger partial charge in [-0.1, -0.05) is 104 Å². The van der Waals surface area contributed by atoms with Crippen LogP contribution in [0.1, 0.15) is 25.0 Å². The fraction of sp³-hybridized carbons (Fsp3) is 0.111. The normalized spacial score (nSPS) is 13.8. The monoisotopic (exact) mass is 380 g/mol. The van der Waals surface area contributed by atoms with Crippen molar-refractivity contribution in [2.45, 2.75) is 19.3 Å². The molecule has 0 saturated carbocycles. The van der Waals surface area contributed by atoms with Gasteiger partial charge in [0.25, 0.3) is 0 Å². The van der Waals surface area contributed by atoms with Crippen molar-refractivity contribution < 1.29 is 0 Å². The van der Waals surface area contributed by atoms with Crippen LogP contribution in [0.5, 0.6) is 0 Å². The van der Waals surface area contributed by atoms with Crippen molar-refractivity contribution in [3.05, 3.63) is 107 Å². The molecule has 136 valence electrons. The SMILES string of the molecule is CC1(C)c2ccccc2-c2ccc(-c3ccc(-c4ccccc4)cc3Cl)cc21. The smallest absolute Gasteiger partial charge is 0.0490 e. The average Bonchev–Trinajstić information content (AvgIpc) is 2.96. The van der Waals surface area contributed by atoms with E-state index in [1.54, 1.807) is 0 Å². The fourth-order valence-electron chi connectivity index (χ4n) is 4.43. The van der Waals surface area contributed by atoms with E-state index in [2.05, 4.69) is 98.8 Å². The van der Waals surface area contributed by atoms with Crippen molar-refractivity contribution in [3.8, 4) is 33.4 Å². The number of hydrogen-bond donors (Lipinski definition) is 0. The van der Waals surface area contributed by atoms with Gasteiger partial charge in [0.05, 0.1) is 0 Å². The van der Waals surface area contributed by atoms with Gasteiger partial charge >= 0.3 is 0 Å². The molecule has 0 amide bonds. The lowest BCUT2D eigenvalue weighted by atomic mass is 9.81. The first-order chi connectivity index (χ1) is 13.6. The van der Waals surface area contributed by atoms with Gasteiger partial charge in [0.2, 0.25) is 0 Å². The molecule has 4 aromatic carbocycles. The Morgan fingerprint density at radius 3 is 1.96 bits per heavy atom. The summed E-state index contributed by atoms with van der Waals surface area (Å²) in [6.07, 6.45) is 0. The van der Waals surface area contributed by atoms with E-state index in [4.69, 9.17) is 11.6 Å². The van der Waals surface area contributed by atoms with Crippen molar-refractivity contribution in [1.29, 1.82) is 0 Å². The van der Waals surface area contributed by atoms with Gasteiger partial charge in [0, 0.05) is 16.0 Å². The van der Waals surface area contributed by atoms with E-state index in [1.807, 2.05) is 6.07 Å². The molecule has 0 atom stereocenters. The molecule has 0 nitrogen and oxygen atoms in total. The second kappa shape index (κ2) is 6.36. The van der Waals surface area contributed by atoms with E-state index in [1.165, 1.54) is 33.4 Å². The highest BCUT2D eigenvalue weighted by molar-refractivity contribution is 6.33. The summed E-state index contributed by atoms with van der Waals surface area (Å²) in [7, 11) is 0. The Hall–Kier alpha value is -2.83. The Labute approximate surface area is 171 Å². The van der Waals surface area contributed by atoms with Crippen molar-refractivity contribution in [3.63, 3.8) is 0 Å². The number of fused-ring (bicyclic) bond motifs is 3. The molecule has 4 aromatic rings. The molecule has 0 N–H and O–H groups in total. The highest BCUT2D eigenvalue weighted by Gasteiger charge is 2.35. The molecule has 1 aliphatic rings. The lowest BCUT2D eigenvalue weighted by Gasteiger charge is -2.22. The van der Waals surface area contributed by atoms with Crippen LogP contribution in [0.3, 0.4) is 0 Å². The topological polar surface area (TPSA) is 0 Å². The summed E-state index contributed by atoms with van der Waals surface area (Å²) >= 11 is 6.72. The molecule has 0 heterocycles. The van der Waals surface area contributed by atoms with Gasteiger partial charge in [0.15, 0.2) is 0 Å². The molecular weight excluding hydrogens is 360 g/mol. The highest BCUT2D eigenvalue weighted by atomic mass is 35.5. The van der Waals surface area contributed by atoms with E-state index >= 15 is 0 Å². The van der Waals surface area contributed by atoms with Crippen LogP contribution in [0.4, 0.5) is 0 Å². The van der Waals surface area contributed by atoms with Crippen LogP contribution in [0.15, 0.2) is 91.0 Å². The van der Waals surface area contributed by atoms with Gasteiger partial charge in [-0.05, 0) is 51.1 Å². The third-order valence-electron chi connectivity index (χ3n) is 5.97. The molecule has 0 fully saturated rings. The molecule has 0 aromatic heterocycles. The van der Waals surface area contributed by atoms with Gasteiger partial charge in [-0.25, -0.2) is 0 Å². The highest BCUT2D eigenvalue weighted by Crippen LogP contribution is 2.49. The second-order valence-electron chi connectivity index (χ2n) is 7.99. The molecule has 0 aliphatic heterocycles. The van der Waals surface area contributed by atoms with Gasteiger partial charge in [-0.3, -0.25) is 0 Å². The van der Waals surface area contributed by atoms with Crippen LogP contribution in [-0.4, -0.2) is 0 Å². The van der Waals surface area contributed by atoms with E-state index in [9.17, 15) is 0 Å². The van der Waals surface area contributed by atoms with E-state index in [0.717, 1.165) is 16.1 Å². The van der Waals surface area contributed by atoms with Crippen molar-refractivity contribution in [2.75, 3.05) is 0 Å². The lowest BCUT2D eigenvalue weighted by molar-refractivity contribution is 0.660. The summed E-state index contributed by atoms with van der Waals surface area (Å²) in [5.74, 6) is 0. The first-order valence-electron chi connectivity index (χ1n) is 9.65. The Morgan fingerprint density at radius 2 is 1.18 bits per heavy atom. The predicted molar refractivity (Wildman–Crippen MR) is 120 cm³/mol. The fourth-order valence-corrected chi connectivity index (χ4v) is 4.72. The Kier molecular flexibility index (Phi) is 3.92. The molecular formula is C27H21Cl. The molecule has 0 spiro atoms. The molecule has 28 heavy (non-hydrogen) atoms. The summed E-state index contributed by atoms with van der Waals surface area (Å²) < 4.78 is 0. The van der Waals surface area contributed by atoms with Crippen LogP contribution >= 0.6 is 11.6 Å². The van der Waals surface area contributed by atoms with Crippen molar-refractivity contribution in [2.24, 2.45) is 0 Å². The molecule has 1 heteroatoms. The van der Waals surface area contributed by atoms with Crippen LogP contribution in [0, 0.1) is 0 Å². The first-order valence-corrected chi connectivity index (χ1v) is 10.0. The van der Waals surface area contributed by atoms with E-state index < -0.39 is 0 Å². The maximum Gasteiger partial charge on any atom is 0.0490 e. The van der Waals surface area contributed by atoms with Crippen LogP contribution < -0.4 is 0 Å².